The lowest BCUT2D eigenvalue weighted by atomic mass is 9.92. The number of esters is 8. The third-order valence-corrected chi connectivity index (χ3v) is 9.03. The van der Waals surface area contributed by atoms with Gasteiger partial charge in [0.2, 0.25) is 5.91 Å². The predicted molar refractivity (Wildman–Crippen MR) is 235 cm³/mol. The molecule has 0 heterocycles. The Bertz CT molecular complexity index is 1460. The maximum Gasteiger partial charge on any atom is 0.330 e. The Labute approximate surface area is 385 Å². The summed E-state index contributed by atoms with van der Waals surface area (Å²) >= 11 is 0. The van der Waals surface area contributed by atoms with E-state index in [1.54, 1.807) is 0 Å². The topological polar surface area (TPSA) is 269 Å². The summed E-state index contributed by atoms with van der Waals surface area (Å²) in [7, 11) is 0. The van der Waals surface area contributed by atoms with E-state index in [0.717, 1.165) is 68.7 Å². The Balaban J connectivity index is 4.48. The minimum absolute atomic E-state index is 0.0663. The number of amides is 1. The van der Waals surface area contributed by atoms with Crippen molar-refractivity contribution in [2.45, 2.75) is 70.6 Å². The molecule has 366 valence electrons. The summed E-state index contributed by atoms with van der Waals surface area (Å²) in [5.41, 5.74) is -2.96. The number of hydrogen-bond donors (Lipinski definition) is 2. The summed E-state index contributed by atoms with van der Waals surface area (Å²) in [6.45, 7) is 17.9. The number of unbranched alkanes of at least 4 members (excludes halogenated alkanes) is 4. The molecular formula is C46H64N2O18. The van der Waals surface area contributed by atoms with Crippen molar-refractivity contribution >= 4 is 59.4 Å². The number of carbonyl (C=O) groups is 10. The molecule has 20 heteroatoms. The minimum Gasteiger partial charge on any atom is -0.465 e. The number of ether oxygens (including phenoxy) is 8. The van der Waals surface area contributed by atoms with Crippen LogP contribution in [0.25, 0.3) is 0 Å². The largest absolute Gasteiger partial charge is 0.465 e. The van der Waals surface area contributed by atoms with Crippen LogP contribution in [0.15, 0.2) is 75.9 Å². The highest BCUT2D eigenvalue weighted by Crippen LogP contribution is 2.23. The number of nitrogens with one attached hydrogen (secondary N) is 2. The van der Waals surface area contributed by atoms with Crippen LogP contribution in [0.2, 0.25) is 0 Å². The van der Waals surface area contributed by atoms with E-state index in [4.69, 9.17) is 37.9 Å². The lowest BCUT2D eigenvalue weighted by Crippen LogP contribution is -2.43. The first-order valence-electron chi connectivity index (χ1n) is 21.1. The molecule has 0 aliphatic heterocycles. The van der Waals surface area contributed by atoms with E-state index in [0.29, 0.717) is 25.9 Å². The van der Waals surface area contributed by atoms with Crippen LogP contribution in [0.1, 0.15) is 70.6 Å². The van der Waals surface area contributed by atoms with Crippen molar-refractivity contribution in [2.24, 2.45) is 10.8 Å². The molecule has 0 aliphatic rings. The van der Waals surface area contributed by atoms with Gasteiger partial charge in [0.15, 0.2) is 0 Å². The van der Waals surface area contributed by atoms with Gasteiger partial charge in [0.1, 0.15) is 69.5 Å². The molecule has 0 rings (SSSR count). The second-order valence-corrected chi connectivity index (χ2v) is 14.7. The second-order valence-electron chi connectivity index (χ2n) is 14.7. The van der Waals surface area contributed by atoms with Gasteiger partial charge in [-0.1, -0.05) is 52.3 Å². The summed E-state index contributed by atoms with van der Waals surface area (Å²) in [6, 6.07) is 0. The highest BCUT2D eigenvalue weighted by Gasteiger charge is 2.39. The Hall–Kier alpha value is -6.70. The van der Waals surface area contributed by atoms with E-state index in [2.05, 4.69) is 50.1 Å². The fourth-order valence-corrected chi connectivity index (χ4v) is 5.13. The molecule has 1 amide bonds. The van der Waals surface area contributed by atoms with Crippen LogP contribution >= 0.6 is 0 Å². The van der Waals surface area contributed by atoms with E-state index in [9.17, 15) is 47.9 Å². The smallest absolute Gasteiger partial charge is 0.330 e. The van der Waals surface area contributed by atoms with Gasteiger partial charge in [-0.05, 0) is 38.8 Å². The van der Waals surface area contributed by atoms with E-state index in [-0.39, 0.29) is 43.8 Å². The van der Waals surface area contributed by atoms with Gasteiger partial charge in [-0.3, -0.25) is 19.2 Å². The molecular weight excluding hydrogens is 869 g/mol. The van der Waals surface area contributed by atoms with E-state index < -0.39 is 111 Å². The molecule has 0 fully saturated rings. The first-order valence-corrected chi connectivity index (χ1v) is 21.1. The summed E-state index contributed by atoms with van der Waals surface area (Å²) in [6.07, 6.45) is 9.60. The molecule has 2 N–H and O–H groups in total. The predicted octanol–water partition coefficient (Wildman–Crippen LogP) is 2.99. The van der Waals surface area contributed by atoms with Gasteiger partial charge in [-0.15, -0.1) is 0 Å². The fourth-order valence-electron chi connectivity index (χ4n) is 5.13. The number of rotatable bonds is 40. The van der Waals surface area contributed by atoms with E-state index in [1.165, 1.54) is 0 Å². The molecule has 0 aromatic rings. The number of ketones is 1. The van der Waals surface area contributed by atoms with Crippen molar-refractivity contribution in [3.63, 3.8) is 0 Å². The lowest BCUT2D eigenvalue weighted by molar-refractivity contribution is -0.169. The highest BCUT2D eigenvalue weighted by atomic mass is 16.6. The first kappa shape index (κ1) is 59.3. The molecule has 0 unspecified atom stereocenters. The third-order valence-electron chi connectivity index (χ3n) is 9.03. The monoisotopic (exact) mass is 932 g/mol. The maximum absolute atomic E-state index is 12.5. The third kappa shape index (κ3) is 29.6. The number of Topliss-reactive ketones (excluding diaryl/α,β-unsaturated/α-hetero) is 1. The van der Waals surface area contributed by atoms with Crippen LogP contribution in [0.4, 0.5) is 0 Å². The van der Waals surface area contributed by atoms with Crippen LogP contribution in [0, 0.1) is 10.8 Å². The average molecular weight is 933 g/mol. The first-order chi connectivity index (χ1) is 31.5. The summed E-state index contributed by atoms with van der Waals surface area (Å²) in [5.74, 6) is -6.93. The zero-order valence-electron chi connectivity index (χ0n) is 37.6. The van der Waals surface area contributed by atoms with Crippen molar-refractivity contribution < 1.29 is 85.8 Å². The van der Waals surface area contributed by atoms with Crippen molar-refractivity contribution in [1.29, 1.82) is 0 Å². The van der Waals surface area contributed by atoms with Crippen molar-refractivity contribution in [2.75, 3.05) is 72.5 Å². The van der Waals surface area contributed by atoms with Crippen LogP contribution in [0.5, 0.6) is 0 Å². The zero-order chi connectivity index (χ0) is 49.6. The van der Waals surface area contributed by atoms with Crippen LogP contribution < -0.4 is 10.6 Å². The van der Waals surface area contributed by atoms with Crippen LogP contribution in [0.3, 0.4) is 0 Å². The number of carbonyl (C=O) groups excluding carboxylic acids is 10. The Morgan fingerprint density at radius 1 is 0.348 bits per heavy atom. The quantitative estimate of drug-likeness (QED) is 0.0387. The van der Waals surface area contributed by atoms with Gasteiger partial charge in [0, 0.05) is 62.3 Å². The zero-order valence-corrected chi connectivity index (χ0v) is 37.6. The van der Waals surface area contributed by atoms with Gasteiger partial charge in [-0.25, -0.2) is 28.8 Å². The minimum atomic E-state index is -1.48. The fraction of sp³-hybridized carbons (Fsp3) is 0.522. The molecule has 20 nitrogen and oxygen atoms in total. The standard InChI is InChI=1S/C46H64N2O18/c1-7-37(51)59-27-45(28-60-38(52)8-2,29-61-39(53)9-3)33-65-43(57)22-20-35(49)19-15-18-25-47-24-16-13-14-17-26-48-36(50)21-23-44(58)66-34-46(30-62-40(54)10-4,31-63-41(55)11-5)32-64-42(56)12-6/h7-12,47H,1-6,13-34H2,(H,48,50). The number of hydrogen-bond acceptors (Lipinski definition) is 19. The van der Waals surface area contributed by atoms with Gasteiger partial charge in [0.25, 0.3) is 0 Å². The second kappa shape index (κ2) is 35.6. The van der Waals surface area contributed by atoms with Gasteiger partial charge in [0.05, 0.1) is 12.8 Å². The van der Waals surface area contributed by atoms with E-state index in [1.807, 2.05) is 0 Å². The normalized spacial score (nSPS) is 10.7. The van der Waals surface area contributed by atoms with Crippen molar-refractivity contribution in [3.8, 4) is 0 Å². The molecule has 0 aromatic heterocycles. The van der Waals surface area contributed by atoms with Crippen LogP contribution in [-0.2, 0) is 85.8 Å². The Morgan fingerprint density at radius 3 is 1.00 bits per heavy atom. The maximum atomic E-state index is 12.5. The van der Waals surface area contributed by atoms with Crippen molar-refractivity contribution in [3.05, 3.63) is 75.9 Å². The molecule has 0 radical (unpaired) electrons. The lowest BCUT2D eigenvalue weighted by Gasteiger charge is -2.31. The Kier molecular flexibility index (Phi) is 32.0. The summed E-state index contributed by atoms with van der Waals surface area (Å²) in [5, 5.41) is 6.07. The SMILES string of the molecule is C=CC(=O)OCC(COC(=O)C=C)(COC(=O)C=C)COC(=O)CCC(=O)CCCCNCCCCCCNC(=O)CCC(=O)OCC(COC(=O)C=C)(COC(=O)C=C)COC(=O)C=C. The molecule has 66 heavy (non-hydrogen) atoms. The Morgan fingerprint density at radius 2 is 0.652 bits per heavy atom. The van der Waals surface area contributed by atoms with E-state index >= 15 is 0 Å². The molecule has 0 bridgehead atoms. The molecule has 0 spiro atoms. The summed E-state index contributed by atoms with van der Waals surface area (Å²) < 4.78 is 41.2. The summed E-state index contributed by atoms with van der Waals surface area (Å²) in [4.78, 5) is 120. The average Bonchev–Trinajstić information content (AvgIpc) is 3.33. The molecule has 0 atom stereocenters. The van der Waals surface area contributed by atoms with Crippen LogP contribution in [-0.4, -0.2) is 132 Å². The van der Waals surface area contributed by atoms with Gasteiger partial charge < -0.3 is 48.5 Å². The van der Waals surface area contributed by atoms with Gasteiger partial charge in [-0.2, -0.15) is 0 Å². The van der Waals surface area contributed by atoms with Crippen molar-refractivity contribution in [1.82, 2.24) is 10.6 Å². The highest BCUT2D eigenvalue weighted by molar-refractivity contribution is 5.84. The molecule has 0 aliphatic carbocycles. The molecule has 0 saturated carbocycles. The molecule has 0 saturated heterocycles. The molecule has 0 aromatic carbocycles. The van der Waals surface area contributed by atoms with Gasteiger partial charge >= 0.3 is 47.8 Å².